The molecule has 2 aliphatic heterocycles. The van der Waals surface area contributed by atoms with E-state index in [1.165, 1.54) is 141 Å². The molecule has 2 aliphatic rings. The van der Waals surface area contributed by atoms with Gasteiger partial charge in [-0.15, -0.1) is 0 Å². The van der Waals surface area contributed by atoms with E-state index >= 15 is 0 Å². The van der Waals surface area contributed by atoms with Crippen LogP contribution in [0.15, 0.2) is 0 Å². The minimum absolute atomic E-state index is 0.209. The second kappa shape index (κ2) is 40.3. The lowest BCUT2D eigenvalue weighted by Crippen LogP contribution is -2.65. The van der Waals surface area contributed by atoms with E-state index in [2.05, 4.69) is 19.2 Å². The van der Waals surface area contributed by atoms with E-state index in [-0.39, 0.29) is 12.8 Å². The van der Waals surface area contributed by atoms with Crippen molar-refractivity contribution in [2.75, 3.05) is 19.8 Å². The summed E-state index contributed by atoms with van der Waals surface area (Å²) in [4.78, 5) is 13.3. The summed E-state index contributed by atoms with van der Waals surface area (Å²) in [7, 11) is 0. The van der Waals surface area contributed by atoms with Crippen molar-refractivity contribution in [3.8, 4) is 0 Å². The third-order valence-electron chi connectivity index (χ3n) is 14.3. The Labute approximate surface area is 416 Å². The van der Waals surface area contributed by atoms with E-state index in [1.807, 2.05) is 0 Å². The van der Waals surface area contributed by atoms with Gasteiger partial charge in [0, 0.05) is 0 Å². The van der Waals surface area contributed by atoms with Crippen LogP contribution in [0.2, 0.25) is 0 Å². The molecule has 16 heteroatoms. The van der Waals surface area contributed by atoms with E-state index in [1.54, 1.807) is 0 Å². The predicted octanol–water partition coefficient (Wildman–Crippen LogP) is 6.11. The average molecular weight is 994 g/mol. The van der Waals surface area contributed by atoms with Gasteiger partial charge in [0.15, 0.2) is 12.6 Å². The molecule has 2 saturated heterocycles. The summed E-state index contributed by atoms with van der Waals surface area (Å²) in [5.74, 6) is -0.755. The number of aliphatic hydroxyl groups is 10. The van der Waals surface area contributed by atoms with Crippen LogP contribution in [0.4, 0.5) is 0 Å². The molecule has 2 fully saturated rings. The first-order chi connectivity index (χ1) is 33.4. The number of rotatable bonds is 44. The second-order valence-electron chi connectivity index (χ2n) is 20.4. The molecule has 0 aliphatic carbocycles. The lowest BCUT2D eigenvalue weighted by molar-refractivity contribution is -0.359. The highest BCUT2D eigenvalue weighted by molar-refractivity contribution is 5.80. The number of hydrogen-bond donors (Lipinski definition) is 11. The zero-order valence-electron chi connectivity index (χ0n) is 43.1. The maximum atomic E-state index is 13.3. The molecule has 11 N–H and O–H groups in total. The molecular formula is C53H103NO15. The van der Waals surface area contributed by atoms with Gasteiger partial charge in [0.1, 0.15) is 61.0 Å². The van der Waals surface area contributed by atoms with Crippen LogP contribution in [0.25, 0.3) is 0 Å². The number of unbranched alkanes of at least 4 members (excludes halogenated alkanes) is 29. The Hall–Kier alpha value is -1.09. The summed E-state index contributed by atoms with van der Waals surface area (Å²) in [6.45, 7) is 2.44. The summed E-state index contributed by atoms with van der Waals surface area (Å²) in [5.41, 5.74) is 0. The molecule has 0 bridgehead atoms. The molecule has 0 aromatic carbocycles. The summed E-state index contributed by atoms with van der Waals surface area (Å²) >= 11 is 0. The van der Waals surface area contributed by atoms with Gasteiger partial charge in [0.2, 0.25) is 5.91 Å². The van der Waals surface area contributed by atoms with Crippen molar-refractivity contribution in [3.63, 3.8) is 0 Å². The topological polar surface area (TPSA) is 268 Å². The molecule has 0 aromatic heterocycles. The highest BCUT2D eigenvalue weighted by Gasteiger charge is 2.51. The molecule has 0 saturated carbocycles. The Kier molecular flexibility index (Phi) is 37.4. The third-order valence-corrected chi connectivity index (χ3v) is 14.3. The summed E-state index contributed by atoms with van der Waals surface area (Å²) in [5, 5.41) is 109. The molecule has 16 nitrogen and oxygen atoms in total. The lowest BCUT2D eigenvalue weighted by atomic mass is 9.97. The third kappa shape index (κ3) is 26.6. The molecular weight excluding hydrogens is 891 g/mol. The van der Waals surface area contributed by atoms with Crippen LogP contribution in [0.1, 0.15) is 226 Å². The summed E-state index contributed by atoms with van der Waals surface area (Å²) in [6.07, 6.45) is 16.8. The fraction of sp³-hybridized carbons (Fsp3) is 0.981. The second-order valence-corrected chi connectivity index (χ2v) is 20.4. The molecule has 0 aromatic rings. The fourth-order valence-corrected chi connectivity index (χ4v) is 9.58. The van der Waals surface area contributed by atoms with Gasteiger partial charge < -0.3 is 75.3 Å². The Morgan fingerprint density at radius 3 is 1.28 bits per heavy atom. The monoisotopic (exact) mass is 994 g/mol. The van der Waals surface area contributed by atoms with E-state index < -0.39 is 111 Å². The van der Waals surface area contributed by atoms with E-state index in [9.17, 15) is 55.9 Å². The van der Waals surface area contributed by atoms with E-state index in [4.69, 9.17) is 18.9 Å². The number of aliphatic hydroxyl groups excluding tert-OH is 10. The van der Waals surface area contributed by atoms with Crippen LogP contribution >= 0.6 is 0 Å². The molecule has 410 valence electrons. The van der Waals surface area contributed by atoms with Crippen LogP contribution < -0.4 is 5.32 Å². The van der Waals surface area contributed by atoms with E-state index in [0.29, 0.717) is 12.8 Å². The van der Waals surface area contributed by atoms with Gasteiger partial charge in [0.25, 0.3) is 0 Å². The number of ether oxygens (including phenoxy) is 4. The minimum atomic E-state index is -1.85. The molecule has 2 rings (SSSR count). The van der Waals surface area contributed by atoms with Crippen LogP contribution in [-0.2, 0) is 23.7 Å². The first-order valence-electron chi connectivity index (χ1n) is 28.0. The first-order valence-corrected chi connectivity index (χ1v) is 28.0. The smallest absolute Gasteiger partial charge is 0.249 e. The number of carbonyl (C=O) groups excluding carboxylic acids is 1. The van der Waals surface area contributed by atoms with Crippen molar-refractivity contribution in [1.29, 1.82) is 0 Å². The predicted molar refractivity (Wildman–Crippen MR) is 266 cm³/mol. The van der Waals surface area contributed by atoms with Gasteiger partial charge in [-0.05, 0) is 12.8 Å². The zero-order valence-corrected chi connectivity index (χ0v) is 43.1. The van der Waals surface area contributed by atoms with Gasteiger partial charge in [-0.3, -0.25) is 4.79 Å². The van der Waals surface area contributed by atoms with Crippen LogP contribution in [0, 0.1) is 0 Å². The van der Waals surface area contributed by atoms with Gasteiger partial charge in [0.05, 0.1) is 32.0 Å². The summed E-state index contributed by atoms with van der Waals surface area (Å²) < 4.78 is 22.6. The quantitative estimate of drug-likeness (QED) is 0.0308. The molecule has 14 atom stereocenters. The van der Waals surface area contributed by atoms with Gasteiger partial charge >= 0.3 is 0 Å². The highest BCUT2D eigenvalue weighted by atomic mass is 16.7. The van der Waals surface area contributed by atoms with Crippen LogP contribution in [-0.4, -0.2) is 163 Å². The van der Waals surface area contributed by atoms with Crippen molar-refractivity contribution < 1.29 is 74.8 Å². The molecule has 2 heterocycles. The molecule has 0 spiro atoms. The van der Waals surface area contributed by atoms with Crippen molar-refractivity contribution in [1.82, 2.24) is 5.32 Å². The van der Waals surface area contributed by atoms with Crippen molar-refractivity contribution in [2.45, 2.75) is 312 Å². The van der Waals surface area contributed by atoms with Gasteiger partial charge in [-0.25, -0.2) is 0 Å². The largest absolute Gasteiger partial charge is 0.394 e. The van der Waals surface area contributed by atoms with Gasteiger partial charge in [-0.1, -0.05) is 213 Å². The minimum Gasteiger partial charge on any atom is -0.394 e. The van der Waals surface area contributed by atoms with E-state index in [0.717, 1.165) is 44.9 Å². The Morgan fingerprint density at radius 2 is 0.855 bits per heavy atom. The zero-order chi connectivity index (χ0) is 50.7. The Morgan fingerprint density at radius 1 is 0.478 bits per heavy atom. The van der Waals surface area contributed by atoms with Gasteiger partial charge in [-0.2, -0.15) is 0 Å². The number of hydrogen-bond acceptors (Lipinski definition) is 15. The first kappa shape index (κ1) is 64.0. The Bertz CT molecular complexity index is 1200. The molecule has 0 radical (unpaired) electrons. The number of carbonyl (C=O) groups is 1. The maximum absolute atomic E-state index is 13.3. The number of amides is 1. The summed E-state index contributed by atoms with van der Waals surface area (Å²) in [6, 6.07) is -1.27. The normalized spacial score (nSPS) is 27.0. The SMILES string of the molecule is CCCCCCCCCCCCCCCCCCCC[C@@H](O)C(=O)N[C@@H](CO[C@@H]1O[C@H](CO)[C@@H](O[C@@H]2O[C@H](CO)[C@H](O)[C@H](O)[C@H]2O)[C@H](O)[C@H]1O)[C@H](O)[C@H](O)CCCCCCCCCCCCCCC. The van der Waals surface area contributed by atoms with Crippen molar-refractivity contribution in [3.05, 3.63) is 0 Å². The molecule has 0 unspecified atom stereocenters. The molecule has 69 heavy (non-hydrogen) atoms. The molecule has 1 amide bonds. The maximum Gasteiger partial charge on any atom is 0.249 e. The van der Waals surface area contributed by atoms with Crippen molar-refractivity contribution in [2.24, 2.45) is 0 Å². The van der Waals surface area contributed by atoms with Crippen LogP contribution in [0.3, 0.4) is 0 Å². The number of nitrogens with one attached hydrogen (secondary N) is 1. The highest BCUT2D eigenvalue weighted by Crippen LogP contribution is 2.30. The Balaban J connectivity index is 1.86. The lowest BCUT2D eigenvalue weighted by Gasteiger charge is -2.46. The van der Waals surface area contributed by atoms with Crippen LogP contribution in [0.5, 0.6) is 0 Å². The standard InChI is InChI=1S/C53H103NO15/c1-3-5-7-9-11-13-15-17-18-19-20-21-23-25-27-29-31-33-35-41(58)51(65)54-39(44(59)40(57)34-32-30-28-26-24-22-16-14-12-10-8-6-4-2)38-66-52-49(64)47(62)50(43(37-56)68-52)69-53-48(63)46(61)45(60)42(36-55)67-53/h39-50,52-53,55-64H,3-38H2,1-2H3,(H,54,65)/t39-,40+,41+,42+,43+,44-,45-,46-,47+,48+,49+,50+,52+,53-/m0/s1. The van der Waals surface area contributed by atoms with Crippen molar-refractivity contribution >= 4 is 5.91 Å². The fourth-order valence-electron chi connectivity index (χ4n) is 9.58. The average Bonchev–Trinajstić information content (AvgIpc) is 3.35.